The summed E-state index contributed by atoms with van der Waals surface area (Å²) in [5.74, 6) is 0.351. The second kappa shape index (κ2) is 11.8. The molecule has 0 fully saturated rings. The quantitative estimate of drug-likeness (QED) is 0.290. The van der Waals surface area contributed by atoms with Gasteiger partial charge < -0.3 is 9.47 Å². The van der Waals surface area contributed by atoms with Crippen LogP contribution in [0.25, 0.3) is 0 Å². The van der Waals surface area contributed by atoms with Gasteiger partial charge in [-0.2, -0.15) is 5.10 Å². The van der Waals surface area contributed by atoms with Crippen LogP contribution in [-0.4, -0.2) is 43.8 Å². The molecule has 0 amide bonds. The Balaban J connectivity index is 1.25. The number of rotatable bonds is 10. The van der Waals surface area contributed by atoms with Crippen LogP contribution in [0.4, 0.5) is 0 Å². The number of carbonyl (C=O) groups is 1. The van der Waals surface area contributed by atoms with Crippen LogP contribution >= 0.6 is 0 Å². The number of hydrogen-bond acceptors (Lipinski definition) is 7. The van der Waals surface area contributed by atoms with E-state index >= 15 is 0 Å². The van der Waals surface area contributed by atoms with Gasteiger partial charge in [0.25, 0.3) is 0 Å². The van der Waals surface area contributed by atoms with Crippen LogP contribution in [0.2, 0.25) is 0 Å². The first-order chi connectivity index (χ1) is 18.2. The molecule has 0 aliphatic carbocycles. The van der Waals surface area contributed by atoms with E-state index in [-0.39, 0.29) is 5.97 Å². The van der Waals surface area contributed by atoms with Crippen molar-refractivity contribution in [2.24, 2.45) is 0 Å². The minimum Gasteiger partial charge on any atom is -0.461 e. The lowest BCUT2D eigenvalue weighted by Gasteiger charge is -2.27. The van der Waals surface area contributed by atoms with Crippen molar-refractivity contribution in [1.29, 1.82) is 0 Å². The van der Waals surface area contributed by atoms with Crippen LogP contribution in [0.1, 0.15) is 46.2 Å². The highest BCUT2D eigenvalue weighted by Crippen LogP contribution is 2.26. The van der Waals surface area contributed by atoms with Crippen molar-refractivity contribution in [3.8, 4) is 11.8 Å². The Kier molecular flexibility index (Phi) is 7.86. The largest absolute Gasteiger partial charge is 0.461 e. The molecule has 37 heavy (non-hydrogen) atoms. The van der Waals surface area contributed by atoms with Crippen molar-refractivity contribution < 1.29 is 14.3 Å². The van der Waals surface area contributed by atoms with Crippen LogP contribution in [0, 0.1) is 0 Å². The van der Waals surface area contributed by atoms with Crippen LogP contribution in [0.5, 0.6) is 11.8 Å². The van der Waals surface area contributed by atoms with E-state index in [0.29, 0.717) is 30.6 Å². The second-order valence-electron chi connectivity index (χ2n) is 9.04. The number of fused-ring (bicyclic) bond motifs is 1. The average molecular weight is 498 g/mol. The molecule has 0 unspecified atom stereocenters. The van der Waals surface area contributed by atoms with Gasteiger partial charge >= 0.3 is 12.0 Å². The van der Waals surface area contributed by atoms with Crippen molar-refractivity contribution >= 4 is 5.97 Å². The van der Waals surface area contributed by atoms with Crippen molar-refractivity contribution in [1.82, 2.24) is 24.6 Å². The molecule has 1 aliphatic rings. The maximum Gasteiger partial charge on any atom is 0.359 e. The maximum absolute atomic E-state index is 12.7. The predicted octanol–water partition coefficient (Wildman–Crippen LogP) is 4.83. The topological polar surface area (TPSA) is 82.4 Å². The molecule has 8 nitrogen and oxygen atoms in total. The van der Waals surface area contributed by atoms with E-state index in [0.717, 1.165) is 55.7 Å². The lowest BCUT2D eigenvalue weighted by Crippen LogP contribution is -2.31. The molecule has 0 saturated carbocycles. The van der Waals surface area contributed by atoms with Gasteiger partial charge in [0, 0.05) is 56.3 Å². The first kappa shape index (κ1) is 24.6. The summed E-state index contributed by atoms with van der Waals surface area (Å²) in [6.07, 6.45) is 6.09. The van der Waals surface area contributed by atoms with E-state index < -0.39 is 0 Å². The Labute approximate surface area is 216 Å². The van der Waals surface area contributed by atoms with Gasteiger partial charge in [-0.05, 0) is 49.1 Å². The lowest BCUT2D eigenvalue weighted by molar-refractivity contribution is 0.0515. The summed E-state index contributed by atoms with van der Waals surface area (Å²) in [4.78, 5) is 23.3. The van der Waals surface area contributed by atoms with Crippen LogP contribution in [0.15, 0.2) is 73.1 Å². The van der Waals surface area contributed by atoms with Crippen molar-refractivity contribution in [3.05, 3.63) is 101 Å². The summed E-state index contributed by atoms with van der Waals surface area (Å²) in [6.45, 7) is 5.27. The Morgan fingerprint density at radius 2 is 1.76 bits per heavy atom. The molecule has 8 heteroatoms. The fraction of sp³-hybridized carbons (Fsp3) is 0.310. The minimum atomic E-state index is -0.341. The summed E-state index contributed by atoms with van der Waals surface area (Å²) in [5.41, 5.74) is 5.07. The van der Waals surface area contributed by atoms with Gasteiger partial charge in [-0.3, -0.25) is 9.58 Å². The van der Waals surface area contributed by atoms with Crippen molar-refractivity contribution in [2.45, 2.75) is 45.8 Å². The molecule has 0 saturated heterocycles. The predicted molar refractivity (Wildman–Crippen MR) is 139 cm³/mol. The zero-order valence-electron chi connectivity index (χ0n) is 21.0. The van der Waals surface area contributed by atoms with Crippen molar-refractivity contribution in [2.75, 3.05) is 13.2 Å². The third kappa shape index (κ3) is 6.21. The van der Waals surface area contributed by atoms with Crippen molar-refractivity contribution in [3.63, 3.8) is 0 Å². The van der Waals surface area contributed by atoms with E-state index in [9.17, 15) is 4.79 Å². The zero-order chi connectivity index (χ0) is 25.5. The molecular formula is C29H31N5O3. The number of nitrogens with zero attached hydrogens (tertiary/aromatic N) is 5. The number of esters is 1. The van der Waals surface area contributed by atoms with E-state index in [1.165, 1.54) is 5.56 Å². The molecule has 0 bridgehead atoms. The van der Waals surface area contributed by atoms with Crippen LogP contribution in [0.3, 0.4) is 0 Å². The Bertz CT molecular complexity index is 1310. The molecule has 0 N–H and O–H groups in total. The Morgan fingerprint density at radius 1 is 0.973 bits per heavy atom. The molecule has 5 rings (SSSR count). The van der Waals surface area contributed by atoms with Crippen LogP contribution < -0.4 is 4.74 Å². The fourth-order valence-electron chi connectivity index (χ4n) is 4.67. The molecule has 1 aliphatic heterocycles. The molecule has 2 aromatic carbocycles. The normalized spacial score (nSPS) is 13.2. The number of aromatic nitrogens is 4. The summed E-state index contributed by atoms with van der Waals surface area (Å²) in [5, 5.41) is 4.72. The smallest absolute Gasteiger partial charge is 0.359 e. The van der Waals surface area contributed by atoms with Gasteiger partial charge in [0.05, 0.1) is 6.61 Å². The molecule has 0 radical (unpaired) electrons. The summed E-state index contributed by atoms with van der Waals surface area (Å²) >= 11 is 0. The lowest BCUT2D eigenvalue weighted by atomic mass is 10.0. The highest BCUT2D eigenvalue weighted by atomic mass is 16.5. The first-order valence-electron chi connectivity index (χ1n) is 12.8. The van der Waals surface area contributed by atoms with Gasteiger partial charge in [0.1, 0.15) is 5.75 Å². The molecule has 2 aromatic heterocycles. The van der Waals surface area contributed by atoms with Crippen LogP contribution in [-0.2, 0) is 37.2 Å². The van der Waals surface area contributed by atoms with E-state index in [1.807, 2.05) is 41.9 Å². The number of ether oxygens (including phenoxy) is 2. The first-order valence-corrected chi connectivity index (χ1v) is 12.8. The minimum absolute atomic E-state index is 0.325. The summed E-state index contributed by atoms with van der Waals surface area (Å²) in [7, 11) is 0. The SMILES string of the molecule is CCOC(=O)c1nn(CCCc2ccccc2)c2c1CN(Cc1ccc(Oc3ncccn3)cc1)CC2. The average Bonchev–Trinajstić information content (AvgIpc) is 3.29. The molecule has 0 spiro atoms. The fourth-order valence-corrected chi connectivity index (χ4v) is 4.67. The second-order valence-corrected chi connectivity index (χ2v) is 9.04. The van der Waals surface area contributed by atoms with Gasteiger partial charge in [0.15, 0.2) is 5.69 Å². The van der Waals surface area contributed by atoms with Gasteiger partial charge in [0.2, 0.25) is 0 Å². The van der Waals surface area contributed by atoms with Gasteiger partial charge in [-0.1, -0.05) is 42.5 Å². The Hall–Kier alpha value is -4.04. The maximum atomic E-state index is 12.7. The highest BCUT2D eigenvalue weighted by Gasteiger charge is 2.28. The molecule has 190 valence electrons. The van der Waals surface area contributed by atoms with E-state index in [4.69, 9.17) is 14.6 Å². The Morgan fingerprint density at radius 3 is 2.51 bits per heavy atom. The zero-order valence-corrected chi connectivity index (χ0v) is 21.0. The third-order valence-electron chi connectivity index (χ3n) is 6.44. The number of hydrogen-bond donors (Lipinski definition) is 0. The van der Waals surface area contributed by atoms with Gasteiger partial charge in [-0.15, -0.1) is 0 Å². The summed E-state index contributed by atoms with van der Waals surface area (Å²) in [6, 6.07) is 20.5. The molecule has 4 aromatic rings. The highest BCUT2D eigenvalue weighted by molar-refractivity contribution is 5.89. The molecule has 0 atom stereocenters. The van der Waals surface area contributed by atoms with E-state index in [2.05, 4.69) is 39.1 Å². The molecule has 3 heterocycles. The van der Waals surface area contributed by atoms with Gasteiger partial charge in [-0.25, -0.2) is 14.8 Å². The number of aryl methyl sites for hydroxylation is 2. The standard InChI is InChI=1S/C29H31N5O3/c1-2-36-28(35)27-25-21-33(20-23-11-13-24(14-12-23)37-29-30-16-7-17-31-29)19-15-26(25)34(32-27)18-6-10-22-8-4-3-5-9-22/h3-5,7-9,11-14,16-17H,2,6,10,15,18-21H2,1H3. The van der Waals surface area contributed by atoms with E-state index in [1.54, 1.807) is 18.5 Å². The monoisotopic (exact) mass is 497 g/mol. The molecular weight excluding hydrogens is 466 g/mol. The number of benzene rings is 2. The number of carbonyl (C=O) groups excluding carboxylic acids is 1. The third-order valence-corrected chi connectivity index (χ3v) is 6.44. The summed E-state index contributed by atoms with van der Waals surface area (Å²) < 4.78 is 13.1.